The summed E-state index contributed by atoms with van der Waals surface area (Å²) >= 11 is 1.38. The molecule has 168 valence electrons. The maximum absolute atomic E-state index is 11.6. The molecule has 0 saturated heterocycles. The van der Waals surface area contributed by atoms with Gasteiger partial charge in [-0.15, -0.1) is 11.3 Å². The van der Waals surface area contributed by atoms with Crippen LogP contribution in [0.2, 0.25) is 0 Å². The van der Waals surface area contributed by atoms with Crippen LogP contribution in [0.5, 0.6) is 11.5 Å². The van der Waals surface area contributed by atoms with Gasteiger partial charge in [0.25, 0.3) is 0 Å². The second-order valence-electron chi connectivity index (χ2n) is 7.08. The number of aromatic nitrogens is 1. The molecular formula is C24H27N3O4S. The number of rotatable bonds is 10. The first-order chi connectivity index (χ1) is 15.5. The number of methoxy groups -OCH3 is 1. The van der Waals surface area contributed by atoms with Crippen molar-refractivity contribution >= 4 is 28.7 Å². The predicted octanol–water partition coefficient (Wildman–Crippen LogP) is 4.90. The van der Waals surface area contributed by atoms with Crippen LogP contribution >= 0.6 is 11.3 Å². The zero-order valence-corrected chi connectivity index (χ0v) is 19.5. The van der Waals surface area contributed by atoms with Gasteiger partial charge in [0.2, 0.25) is 5.13 Å². The average Bonchev–Trinajstić information content (AvgIpc) is 3.20. The Labute approximate surface area is 192 Å². The summed E-state index contributed by atoms with van der Waals surface area (Å²) < 4.78 is 16.5. The molecule has 1 aromatic heterocycles. The second-order valence-corrected chi connectivity index (χ2v) is 7.93. The van der Waals surface area contributed by atoms with E-state index in [1.807, 2.05) is 55.6 Å². The number of nitrogens with one attached hydrogen (secondary N) is 1. The van der Waals surface area contributed by atoms with Gasteiger partial charge >= 0.3 is 5.97 Å². The fourth-order valence-corrected chi connectivity index (χ4v) is 3.79. The summed E-state index contributed by atoms with van der Waals surface area (Å²) in [7, 11) is 1.64. The molecule has 0 spiro atoms. The number of aryl methyl sites for hydroxylation is 2. The average molecular weight is 454 g/mol. The number of nitrogens with zero attached hydrogens (tertiary/aromatic N) is 2. The number of anilines is 1. The minimum Gasteiger partial charge on any atom is -0.496 e. The van der Waals surface area contributed by atoms with Crippen molar-refractivity contribution in [2.24, 2.45) is 5.10 Å². The van der Waals surface area contributed by atoms with Crippen LogP contribution in [-0.4, -0.2) is 30.9 Å². The molecule has 7 nitrogen and oxygen atoms in total. The molecule has 0 atom stereocenters. The van der Waals surface area contributed by atoms with E-state index < -0.39 is 0 Å². The van der Waals surface area contributed by atoms with Crippen molar-refractivity contribution in [3.05, 3.63) is 69.7 Å². The monoisotopic (exact) mass is 453 g/mol. The minimum absolute atomic E-state index is 0.151. The molecule has 0 saturated carbocycles. The van der Waals surface area contributed by atoms with E-state index in [2.05, 4.69) is 15.5 Å². The first-order valence-corrected chi connectivity index (χ1v) is 11.1. The Bertz CT molecular complexity index is 1070. The number of esters is 1. The van der Waals surface area contributed by atoms with Crippen molar-refractivity contribution in [1.29, 1.82) is 0 Å². The van der Waals surface area contributed by atoms with Gasteiger partial charge in [0.15, 0.2) is 0 Å². The Hall–Kier alpha value is -3.39. The van der Waals surface area contributed by atoms with Crippen molar-refractivity contribution in [2.45, 2.75) is 33.8 Å². The van der Waals surface area contributed by atoms with Gasteiger partial charge in [-0.2, -0.15) is 5.10 Å². The molecule has 32 heavy (non-hydrogen) atoms. The fourth-order valence-electron chi connectivity index (χ4n) is 3.13. The Morgan fingerprint density at radius 2 is 2.00 bits per heavy atom. The molecule has 8 heteroatoms. The smallest absolute Gasteiger partial charge is 0.311 e. The number of hydrogen-bond acceptors (Lipinski definition) is 8. The number of hydrazone groups is 1. The van der Waals surface area contributed by atoms with Crippen LogP contribution in [0.25, 0.3) is 0 Å². The number of para-hydroxylation sites is 1. The molecule has 1 heterocycles. The summed E-state index contributed by atoms with van der Waals surface area (Å²) in [5.74, 6) is 1.35. The molecular weight excluding hydrogens is 426 g/mol. The molecule has 1 N–H and O–H groups in total. The SMILES string of the molecule is CCOC(=O)Cc1csc(NN=Cc2ccc(OC)c(COc3c(C)cccc3C)c2)n1. The number of carbonyl (C=O) groups excluding carboxylic acids is 1. The Balaban J connectivity index is 1.64. The van der Waals surface area contributed by atoms with Crippen LogP contribution < -0.4 is 14.9 Å². The lowest BCUT2D eigenvalue weighted by molar-refractivity contribution is -0.142. The third-order valence-corrected chi connectivity index (χ3v) is 5.44. The molecule has 0 amide bonds. The lowest BCUT2D eigenvalue weighted by Crippen LogP contribution is -2.07. The predicted molar refractivity (Wildman–Crippen MR) is 127 cm³/mol. The van der Waals surface area contributed by atoms with E-state index in [9.17, 15) is 4.79 Å². The quantitative estimate of drug-likeness (QED) is 0.267. The lowest BCUT2D eigenvalue weighted by atomic mass is 10.1. The highest BCUT2D eigenvalue weighted by molar-refractivity contribution is 7.13. The van der Waals surface area contributed by atoms with Crippen molar-refractivity contribution in [2.75, 3.05) is 19.1 Å². The van der Waals surface area contributed by atoms with Gasteiger partial charge in [-0.25, -0.2) is 4.98 Å². The first kappa shape index (κ1) is 23.3. The van der Waals surface area contributed by atoms with Crippen molar-refractivity contribution < 1.29 is 19.0 Å². The van der Waals surface area contributed by atoms with Crippen molar-refractivity contribution in [3.63, 3.8) is 0 Å². The van der Waals surface area contributed by atoms with Gasteiger partial charge in [-0.3, -0.25) is 10.2 Å². The molecule has 0 unspecified atom stereocenters. The highest BCUT2D eigenvalue weighted by Gasteiger charge is 2.09. The number of carbonyl (C=O) groups is 1. The second kappa shape index (κ2) is 11.3. The van der Waals surface area contributed by atoms with E-state index in [0.717, 1.165) is 33.8 Å². The number of benzene rings is 2. The molecule has 0 radical (unpaired) electrons. The standard InChI is InChI=1S/C24H27N3O4S/c1-5-30-22(28)12-20-15-32-24(26-20)27-25-13-18-9-10-21(29-4)19(11-18)14-31-23-16(2)7-6-8-17(23)3/h6-11,13,15H,5,12,14H2,1-4H3,(H,26,27). The summed E-state index contributed by atoms with van der Waals surface area (Å²) in [4.78, 5) is 15.9. The summed E-state index contributed by atoms with van der Waals surface area (Å²) in [6.07, 6.45) is 1.85. The van der Waals surface area contributed by atoms with Crippen LogP contribution in [-0.2, 0) is 22.6 Å². The molecule has 2 aromatic carbocycles. The molecule has 0 aliphatic carbocycles. The third-order valence-electron chi connectivity index (χ3n) is 4.64. The largest absolute Gasteiger partial charge is 0.496 e. The van der Waals surface area contributed by atoms with Gasteiger partial charge in [0.05, 0.1) is 32.0 Å². The van der Waals surface area contributed by atoms with Gasteiger partial charge in [0, 0.05) is 10.9 Å². The van der Waals surface area contributed by atoms with Crippen molar-refractivity contribution in [1.82, 2.24) is 4.98 Å². The van der Waals surface area contributed by atoms with Crippen LogP contribution in [0.3, 0.4) is 0 Å². The van der Waals surface area contributed by atoms with E-state index >= 15 is 0 Å². The van der Waals surface area contributed by atoms with Crippen molar-refractivity contribution in [3.8, 4) is 11.5 Å². The number of hydrogen-bond donors (Lipinski definition) is 1. The van der Waals surface area contributed by atoms with Gasteiger partial charge in [-0.05, 0) is 55.7 Å². The van der Waals surface area contributed by atoms with E-state index in [4.69, 9.17) is 14.2 Å². The lowest BCUT2D eigenvalue weighted by Gasteiger charge is -2.14. The highest BCUT2D eigenvalue weighted by atomic mass is 32.1. The normalized spacial score (nSPS) is 10.9. The van der Waals surface area contributed by atoms with Crippen LogP contribution in [0.15, 0.2) is 46.9 Å². The fraction of sp³-hybridized carbons (Fsp3) is 0.292. The van der Waals surface area contributed by atoms with E-state index in [1.165, 1.54) is 11.3 Å². The summed E-state index contributed by atoms with van der Waals surface area (Å²) in [5, 5.41) is 6.67. The summed E-state index contributed by atoms with van der Waals surface area (Å²) in [6, 6.07) is 11.9. The maximum atomic E-state index is 11.6. The van der Waals surface area contributed by atoms with E-state index in [-0.39, 0.29) is 12.4 Å². The Kier molecular flexibility index (Phi) is 8.21. The third kappa shape index (κ3) is 6.31. The van der Waals surface area contributed by atoms with Crippen LogP contribution in [0.4, 0.5) is 5.13 Å². The molecule has 3 aromatic rings. The molecule has 0 aliphatic rings. The minimum atomic E-state index is -0.290. The Morgan fingerprint density at radius 3 is 2.72 bits per heavy atom. The van der Waals surface area contributed by atoms with Crippen LogP contribution in [0.1, 0.15) is 34.9 Å². The van der Waals surface area contributed by atoms with E-state index in [1.54, 1.807) is 20.2 Å². The zero-order valence-electron chi connectivity index (χ0n) is 18.7. The van der Waals surface area contributed by atoms with Gasteiger partial charge < -0.3 is 14.2 Å². The first-order valence-electron chi connectivity index (χ1n) is 10.2. The zero-order chi connectivity index (χ0) is 22.9. The van der Waals surface area contributed by atoms with E-state index in [0.29, 0.717) is 24.0 Å². The highest BCUT2D eigenvalue weighted by Crippen LogP contribution is 2.26. The van der Waals surface area contributed by atoms with Gasteiger partial charge in [-0.1, -0.05) is 18.2 Å². The van der Waals surface area contributed by atoms with Crippen LogP contribution in [0, 0.1) is 13.8 Å². The topological polar surface area (TPSA) is 82.0 Å². The maximum Gasteiger partial charge on any atom is 0.311 e. The number of thiazole rings is 1. The number of ether oxygens (including phenoxy) is 3. The summed E-state index contributed by atoms with van der Waals surface area (Å²) in [6.45, 7) is 6.59. The van der Waals surface area contributed by atoms with Gasteiger partial charge in [0.1, 0.15) is 18.1 Å². The Morgan fingerprint density at radius 1 is 1.22 bits per heavy atom. The summed E-state index contributed by atoms with van der Waals surface area (Å²) in [5.41, 5.74) is 7.56. The molecule has 0 bridgehead atoms. The molecule has 0 aliphatic heterocycles. The molecule has 0 fully saturated rings. The molecule has 3 rings (SSSR count).